The predicted octanol–water partition coefficient (Wildman–Crippen LogP) is 5.18. The molecule has 2 aliphatic heterocycles. The van der Waals surface area contributed by atoms with Gasteiger partial charge in [0.2, 0.25) is 0 Å². The third-order valence-electron chi connectivity index (χ3n) is 7.07. The molecule has 0 bridgehead atoms. The zero-order chi connectivity index (χ0) is 24.7. The number of likely N-dealkylation sites (tertiary alicyclic amines) is 1. The Bertz CT molecular complexity index is 739. The molecule has 0 aromatic heterocycles. The van der Waals surface area contributed by atoms with Gasteiger partial charge in [0, 0.05) is 13.1 Å². The van der Waals surface area contributed by atoms with E-state index < -0.39 is 12.1 Å². The number of benzene rings is 1. The molecule has 7 nitrogen and oxygen atoms in total. The number of aliphatic hydroxyl groups is 1. The predicted molar refractivity (Wildman–Crippen MR) is 140 cm³/mol. The maximum Gasteiger partial charge on any atom is 0.315 e. The number of ether oxygens (including phenoxy) is 2. The van der Waals surface area contributed by atoms with Crippen LogP contribution >= 0.6 is 0 Å². The summed E-state index contributed by atoms with van der Waals surface area (Å²) >= 11 is 0. The highest BCUT2D eigenvalue weighted by Gasteiger charge is 2.27. The average molecular weight is 490 g/mol. The fourth-order valence-corrected chi connectivity index (χ4v) is 4.98. The first-order chi connectivity index (χ1) is 17.2. The summed E-state index contributed by atoms with van der Waals surface area (Å²) < 4.78 is 11.3. The monoisotopic (exact) mass is 489 g/mol. The van der Waals surface area contributed by atoms with E-state index in [-0.39, 0.29) is 6.03 Å². The van der Waals surface area contributed by atoms with Crippen molar-refractivity contribution in [2.45, 2.75) is 96.1 Å². The lowest BCUT2D eigenvalue weighted by Crippen LogP contribution is -2.50. The van der Waals surface area contributed by atoms with Crippen molar-refractivity contribution >= 4 is 6.03 Å². The minimum absolute atomic E-state index is 0.207. The quantitative estimate of drug-likeness (QED) is 0.279. The number of amides is 2. The number of nitrogens with zero attached hydrogens (tertiary/aromatic N) is 1. The average Bonchev–Trinajstić information content (AvgIpc) is 3.39. The van der Waals surface area contributed by atoms with Gasteiger partial charge in [-0.3, -0.25) is 0 Å². The molecule has 2 unspecified atom stereocenters. The fraction of sp³-hybridized carbons (Fsp3) is 0.750. The number of carbonyl (C=O) groups is 1. The second-order valence-corrected chi connectivity index (χ2v) is 10.0. The number of hydrogen-bond donors (Lipinski definition) is 3. The van der Waals surface area contributed by atoms with Crippen molar-refractivity contribution in [3.63, 3.8) is 0 Å². The van der Waals surface area contributed by atoms with E-state index in [0.29, 0.717) is 37.8 Å². The molecule has 2 aliphatic rings. The molecule has 198 valence electrons. The lowest BCUT2D eigenvalue weighted by atomic mass is 10.0. The van der Waals surface area contributed by atoms with Crippen molar-refractivity contribution in [2.75, 3.05) is 39.4 Å². The maximum atomic E-state index is 12.7. The summed E-state index contributed by atoms with van der Waals surface area (Å²) in [5.74, 6) is 1.35. The molecular formula is C28H47N3O4. The van der Waals surface area contributed by atoms with Crippen LogP contribution in [0.5, 0.6) is 11.5 Å². The summed E-state index contributed by atoms with van der Waals surface area (Å²) in [6.45, 7) is 6.60. The Morgan fingerprint density at radius 2 is 1.57 bits per heavy atom. The van der Waals surface area contributed by atoms with Crippen molar-refractivity contribution in [1.29, 1.82) is 0 Å². The summed E-state index contributed by atoms with van der Waals surface area (Å²) in [4.78, 5) is 15.0. The zero-order valence-electron chi connectivity index (χ0n) is 21.7. The summed E-state index contributed by atoms with van der Waals surface area (Å²) in [6, 6.07) is 4.92. The first-order valence-electron chi connectivity index (χ1n) is 14.0. The molecule has 1 aromatic carbocycles. The SMILES string of the molecule is CCCCCCCCCCCCNC(=O)NC(CN1CCCC1)C(O)c1ccc2c(c1)OCCO2. The summed E-state index contributed by atoms with van der Waals surface area (Å²) in [6.07, 6.45) is 14.2. The van der Waals surface area contributed by atoms with Gasteiger partial charge in [-0.15, -0.1) is 0 Å². The van der Waals surface area contributed by atoms with E-state index in [1.54, 1.807) is 0 Å². The van der Waals surface area contributed by atoms with Gasteiger partial charge in [0.05, 0.1) is 6.04 Å². The van der Waals surface area contributed by atoms with E-state index >= 15 is 0 Å². The number of unbranched alkanes of at least 4 members (excludes halogenated alkanes) is 9. The topological polar surface area (TPSA) is 83.1 Å². The molecule has 2 heterocycles. The minimum atomic E-state index is -0.825. The minimum Gasteiger partial charge on any atom is -0.486 e. The van der Waals surface area contributed by atoms with E-state index in [9.17, 15) is 9.90 Å². The molecular weight excluding hydrogens is 442 g/mol. The first kappa shape index (κ1) is 27.6. The Morgan fingerprint density at radius 3 is 2.26 bits per heavy atom. The second-order valence-electron chi connectivity index (χ2n) is 10.0. The molecule has 1 saturated heterocycles. The summed E-state index contributed by atoms with van der Waals surface area (Å²) in [5.41, 5.74) is 0.730. The van der Waals surface area contributed by atoms with Gasteiger partial charge in [-0.2, -0.15) is 0 Å². The number of fused-ring (bicyclic) bond motifs is 1. The number of aliphatic hydroxyl groups excluding tert-OH is 1. The van der Waals surface area contributed by atoms with Gasteiger partial charge in [0.1, 0.15) is 19.3 Å². The summed E-state index contributed by atoms with van der Waals surface area (Å²) in [7, 11) is 0. The molecule has 1 fully saturated rings. The fourth-order valence-electron chi connectivity index (χ4n) is 4.98. The molecule has 0 saturated carbocycles. The molecule has 3 N–H and O–H groups in total. The lowest BCUT2D eigenvalue weighted by Gasteiger charge is -2.29. The molecule has 7 heteroatoms. The molecule has 2 atom stereocenters. The Hall–Kier alpha value is -1.99. The smallest absolute Gasteiger partial charge is 0.315 e. The highest BCUT2D eigenvalue weighted by atomic mass is 16.6. The number of urea groups is 1. The lowest BCUT2D eigenvalue weighted by molar-refractivity contribution is 0.108. The van der Waals surface area contributed by atoms with Gasteiger partial charge >= 0.3 is 6.03 Å². The van der Waals surface area contributed by atoms with E-state index in [0.717, 1.165) is 44.3 Å². The van der Waals surface area contributed by atoms with Crippen molar-refractivity contribution in [2.24, 2.45) is 0 Å². The van der Waals surface area contributed by atoms with Gasteiger partial charge in [-0.1, -0.05) is 70.8 Å². The summed E-state index contributed by atoms with van der Waals surface area (Å²) in [5, 5.41) is 17.2. The van der Waals surface area contributed by atoms with Gasteiger partial charge in [-0.25, -0.2) is 4.79 Å². The largest absolute Gasteiger partial charge is 0.486 e. The number of rotatable bonds is 16. The van der Waals surface area contributed by atoms with Crippen LogP contribution in [-0.4, -0.2) is 61.5 Å². The van der Waals surface area contributed by atoms with E-state index in [2.05, 4.69) is 22.5 Å². The van der Waals surface area contributed by atoms with Crippen LogP contribution in [0.15, 0.2) is 18.2 Å². The van der Waals surface area contributed by atoms with Gasteiger partial charge in [0.25, 0.3) is 0 Å². The van der Waals surface area contributed by atoms with Gasteiger partial charge in [0.15, 0.2) is 11.5 Å². The van der Waals surface area contributed by atoms with E-state index in [1.165, 1.54) is 51.4 Å². The van der Waals surface area contributed by atoms with Gasteiger partial charge < -0.3 is 30.1 Å². The Morgan fingerprint density at radius 1 is 0.943 bits per heavy atom. The molecule has 2 amide bonds. The van der Waals surface area contributed by atoms with Crippen LogP contribution in [0.25, 0.3) is 0 Å². The maximum absolute atomic E-state index is 12.7. The van der Waals surface area contributed by atoms with Crippen molar-refractivity contribution in [3.8, 4) is 11.5 Å². The normalized spacial score (nSPS) is 17.2. The van der Waals surface area contributed by atoms with Crippen molar-refractivity contribution < 1.29 is 19.4 Å². The van der Waals surface area contributed by atoms with Crippen LogP contribution in [0.2, 0.25) is 0 Å². The molecule has 0 spiro atoms. The standard InChI is InChI=1S/C28H47N3O4/c1-2-3-4-5-6-7-8-9-10-11-16-29-28(33)30-24(22-31-17-12-13-18-31)27(32)23-14-15-25-26(21-23)35-20-19-34-25/h14-15,21,24,27,32H,2-13,16-20,22H2,1H3,(H2,29,30,33). The van der Waals surface area contributed by atoms with Crippen molar-refractivity contribution in [1.82, 2.24) is 15.5 Å². The van der Waals surface area contributed by atoms with Crippen LogP contribution in [0.4, 0.5) is 4.79 Å². The van der Waals surface area contributed by atoms with Crippen LogP contribution in [-0.2, 0) is 0 Å². The zero-order valence-corrected chi connectivity index (χ0v) is 21.7. The number of carbonyl (C=O) groups excluding carboxylic acids is 1. The van der Waals surface area contributed by atoms with Gasteiger partial charge in [-0.05, 0) is 50.0 Å². The van der Waals surface area contributed by atoms with Crippen LogP contribution in [0.3, 0.4) is 0 Å². The molecule has 0 radical (unpaired) electrons. The van der Waals surface area contributed by atoms with E-state index in [1.807, 2.05) is 18.2 Å². The van der Waals surface area contributed by atoms with E-state index in [4.69, 9.17) is 9.47 Å². The Labute approximate surface area is 211 Å². The third-order valence-corrected chi connectivity index (χ3v) is 7.07. The third kappa shape index (κ3) is 9.88. The van der Waals surface area contributed by atoms with Crippen LogP contribution < -0.4 is 20.1 Å². The number of nitrogens with one attached hydrogen (secondary N) is 2. The Kier molecular flexibility index (Phi) is 12.5. The van der Waals surface area contributed by atoms with Crippen molar-refractivity contribution in [3.05, 3.63) is 23.8 Å². The molecule has 35 heavy (non-hydrogen) atoms. The molecule has 3 rings (SSSR count). The highest BCUT2D eigenvalue weighted by molar-refractivity contribution is 5.74. The van der Waals surface area contributed by atoms with Crippen LogP contribution in [0.1, 0.15) is 95.6 Å². The Balaban J connectivity index is 1.40. The highest BCUT2D eigenvalue weighted by Crippen LogP contribution is 2.33. The van der Waals surface area contributed by atoms with Crippen LogP contribution in [0, 0.1) is 0 Å². The first-order valence-corrected chi connectivity index (χ1v) is 14.0. The molecule has 0 aliphatic carbocycles. The second kappa shape index (κ2) is 15.9. The molecule has 1 aromatic rings. The number of hydrogen-bond acceptors (Lipinski definition) is 5.